The van der Waals surface area contributed by atoms with Crippen molar-refractivity contribution in [3.8, 4) is 0 Å². The van der Waals surface area contributed by atoms with Crippen LogP contribution in [0.25, 0.3) is 0 Å². The fourth-order valence-electron chi connectivity index (χ4n) is 1.32. The average molecular weight is 191 g/mol. The number of hydrogen-bond donors (Lipinski definition) is 1. The molecule has 1 aliphatic rings. The van der Waals surface area contributed by atoms with E-state index >= 15 is 0 Å². The molecule has 0 spiro atoms. The summed E-state index contributed by atoms with van der Waals surface area (Å²) in [6, 6.07) is 0.794. The van der Waals surface area contributed by atoms with Crippen molar-refractivity contribution in [3.05, 3.63) is 0 Å². The summed E-state index contributed by atoms with van der Waals surface area (Å²) in [5.74, 6) is 2.56. The van der Waals surface area contributed by atoms with E-state index < -0.39 is 0 Å². The van der Waals surface area contributed by atoms with E-state index in [-0.39, 0.29) is 0 Å². The predicted molar refractivity (Wildman–Crippen MR) is 56.7 cm³/mol. The highest BCUT2D eigenvalue weighted by atomic mass is 32.2. The van der Waals surface area contributed by atoms with E-state index in [1.807, 2.05) is 11.8 Å². The first-order valence-corrected chi connectivity index (χ1v) is 6.61. The molecular weight excluding hydrogens is 174 g/mol. The van der Waals surface area contributed by atoms with Crippen molar-refractivity contribution in [2.45, 2.75) is 24.6 Å². The van der Waals surface area contributed by atoms with Crippen molar-refractivity contribution in [1.82, 2.24) is 5.32 Å². The average Bonchev–Trinajstić information content (AvgIpc) is 2.37. The van der Waals surface area contributed by atoms with Crippen LogP contribution in [-0.2, 0) is 0 Å². The van der Waals surface area contributed by atoms with E-state index in [0.717, 1.165) is 11.3 Å². The Morgan fingerprint density at radius 3 is 3.00 bits per heavy atom. The molecule has 0 bridgehead atoms. The molecule has 1 nitrogen and oxygen atoms in total. The van der Waals surface area contributed by atoms with Gasteiger partial charge in [0.25, 0.3) is 0 Å². The van der Waals surface area contributed by atoms with E-state index in [4.69, 9.17) is 0 Å². The predicted octanol–water partition coefficient (Wildman–Crippen LogP) is 1.83. The second-order valence-electron chi connectivity index (χ2n) is 3.02. The topological polar surface area (TPSA) is 12.0 Å². The molecule has 0 radical (unpaired) electrons. The van der Waals surface area contributed by atoms with Crippen LogP contribution in [-0.4, -0.2) is 35.6 Å². The van der Waals surface area contributed by atoms with E-state index in [2.05, 4.69) is 30.3 Å². The Balaban J connectivity index is 1.99. The minimum atomic E-state index is 0.794. The molecule has 3 heteroatoms. The molecule has 0 saturated carbocycles. The first kappa shape index (κ1) is 9.75. The van der Waals surface area contributed by atoms with E-state index in [1.165, 1.54) is 24.5 Å². The first-order valence-electron chi connectivity index (χ1n) is 4.17. The summed E-state index contributed by atoms with van der Waals surface area (Å²) in [5, 5.41) is 4.45. The Hall–Kier alpha value is 0.660. The minimum Gasteiger partial charge on any atom is -0.312 e. The van der Waals surface area contributed by atoms with Crippen LogP contribution in [0, 0.1) is 0 Å². The SMILES string of the molecule is CSCCNC1CSC(C)C1. The summed E-state index contributed by atoms with van der Waals surface area (Å²) in [4.78, 5) is 0. The molecular formula is C8H17NS2. The van der Waals surface area contributed by atoms with Crippen LogP contribution in [0.3, 0.4) is 0 Å². The number of rotatable bonds is 4. The lowest BCUT2D eigenvalue weighted by molar-refractivity contribution is 0.559. The van der Waals surface area contributed by atoms with E-state index in [9.17, 15) is 0 Å². The van der Waals surface area contributed by atoms with Crippen molar-refractivity contribution in [2.75, 3.05) is 24.3 Å². The van der Waals surface area contributed by atoms with Gasteiger partial charge in [0.1, 0.15) is 0 Å². The van der Waals surface area contributed by atoms with Crippen LogP contribution < -0.4 is 5.32 Å². The molecule has 66 valence electrons. The third-order valence-electron chi connectivity index (χ3n) is 1.94. The van der Waals surface area contributed by atoms with Gasteiger partial charge in [-0.1, -0.05) is 6.92 Å². The maximum absolute atomic E-state index is 3.57. The molecule has 0 aromatic rings. The molecule has 0 aromatic heterocycles. The zero-order chi connectivity index (χ0) is 8.10. The summed E-state index contributed by atoms with van der Waals surface area (Å²) in [6.45, 7) is 3.50. The van der Waals surface area contributed by atoms with Crippen LogP contribution in [0.4, 0.5) is 0 Å². The fraction of sp³-hybridized carbons (Fsp3) is 1.00. The van der Waals surface area contributed by atoms with Crippen molar-refractivity contribution >= 4 is 23.5 Å². The fourth-order valence-corrected chi connectivity index (χ4v) is 2.83. The molecule has 1 fully saturated rings. The van der Waals surface area contributed by atoms with Crippen molar-refractivity contribution in [1.29, 1.82) is 0 Å². The van der Waals surface area contributed by atoms with Crippen molar-refractivity contribution in [2.24, 2.45) is 0 Å². The van der Waals surface area contributed by atoms with Gasteiger partial charge in [-0.15, -0.1) is 0 Å². The maximum atomic E-state index is 3.57. The number of thioether (sulfide) groups is 2. The first-order chi connectivity index (χ1) is 5.33. The molecule has 1 N–H and O–H groups in total. The third kappa shape index (κ3) is 3.72. The Morgan fingerprint density at radius 1 is 1.64 bits per heavy atom. The molecule has 2 atom stereocenters. The van der Waals surface area contributed by atoms with Crippen LogP contribution in [0.1, 0.15) is 13.3 Å². The van der Waals surface area contributed by atoms with Gasteiger partial charge in [-0.2, -0.15) is 23.5 Å². The lowest BCUT2D eigenvalue weighted by Gasteiger charge is -2.09. The third-order valence-corrected chi connectivity index (χ3v) is 3.91. The van der Waals surface area contributed by atoms with E-state index in [1.54, 1.807) is 0 Å². The minimum absolute atomic E-state index is 0.794. The van der Waals surface area contributed by atoms with Crippen molar-refractivity contribution < 1.29 is 0 Å². The quantitative estimate of drug-likeness (QED) is 0.681. The van der Waals surface area contributed by atoms with Gasteiger partial charge in [-0.25, -0.2) is 0 Å². The summed E-state index contributed by atoms with van der Waals surface area (Å²) in [5.41, 5.74) is 0. The maximum Gasteiger partial charge on any atom is 0.0169 e. The van der Waals surface area contributed by atoms with Gasteiger partial charge in [-0.05, 0) is 12.7 Å². The summed E-state index contributed by atoms with van der Waals surface area (Å²) in [6.07, 6.45) is 3.52. The largest absolute Gasteiger partial charge is 0.312 e. The van der Waals surface area contributed by atoms with Gasteiger partial charge in [0.2, 0.25) is 0 Å². The molecule has 11 heavy (non-hydrogen) atoms. The molecule has 1 heterocycles. The zero-order valence-electron chi connectivity index (χ0n) is 7.30. The van der Waals surface area contributed by atoms with Crippen LogP contribution in [0.15, 0.2) is 0 Å². The van der Waals surface area contributed by atoms with Crippen LogP contribution in [0.5, 0.6) is 0 Å². The summed E-state index contributed by atoms with van der Waals surface area (Å²) in [7, 11) is 0. The highest BCUT2D eigenvalue weighted by molar-refractivity contribution is 8.00. The van der Waals surface area contributed by atoms with Gasteiger partial charge >= 0.3 is 0 Å². The standard InChI is InChI=1S/C8H17NS2/c1-7-5-8(6-11-7)9-3-4-10-2/h7-9H,3-6H2,1-2H3. The molecule has 0 aromatic carbocycles. The molecule has 1 saturated heterocycles. The second kappa shape index (κ2) is 5.33. The number of nitrogens with one attached hydrogen (secondary N) is 1. The van der Waals surface area contributed by atoms with Gasteiger partial charge in [0.05, 0.1) is 0 Å². The lowest BCUT2D eigenvalue weighted by atomic mass is 10.2. The Morgan fingerprint density at radius 2 is 2.45 bits per heavy atom. The van der Waals surface area contributed by atoms with Gasteiger partial charge in [0, 0.05) is 29.3 Å². The molecule has 1 rings (SSSR count). The summed E-state index contributed by atoms with van der Waals surface area (Å²) < 4.78 is 0. The Bertz CT molecular complexity index is 108. The van der Waals surface area contributed by atoms with Crippen molar-refractivity contribution in [3.63, 3.8) is 0 Å². The van der Waals surface area contributed by atoms with Crippen LogP contribution in [0.2, 0.25) is 0 Å². The number of hydrogen-bond acceptors (Lipinski definition) is 3. The zero-order valence-corrected chi connectivity index (χ0v) is 8.93. The second-order valence-corrected chi connectivity index (χ2v) is 5.48. The Labute approximate surface area is 78.1 Å². The smallest absolute Gasteiger partial charge is 0.0169 e. The molecule has 2 unspecified atom stereocenters. The molecule has 0 amide bonds. The highest BCUT2D eigenvalue weighted by Crippen LogP contribution is 2.25. The normalized spacial score (nSPS) is 31.1. The Kier molecular flexibility index (Phi) is 4.72. The van der Waals surface area contributed by atoms with E-state index in [0.29, 0.717) is 0 Å². The van der Waals surface area contributed by atoms with Gasteiger partial charge in [-0.3, -0.25) is 0 Å². The molecule has 1 aliphatic heterocycles. The highest BCUT2D eigenvalue weighted by Gasteiger charge is 2.20. The van der Waals surface area contributed by atoms with Gasteiger partial charge in [0.15, 0.2) is 0 Å². The molecule has 0 aliphatic carbocycles. The monoisotopic (exact) mass is 191 g/mol. The van der Waals surface area contributed by atoms with Crippen LogP contribution >= 0.6 is 23.5 Å². The van der Waals surface area contributed by atoms with Gasteiger partial charge < -0.3 is 5.32 Å². The summed E-state index contributed by atoms with van der Waals surface area (Å²) >= 11 is 4.01. The lowest BCUT2D eigenvalue weighted by Crippen LogP contribution is -2.30.